The first kappa shape index (κ1) is 11.9. The third-order valence-electron chi connectivity index (χ3n) is 2.41. The molecule has 4 heteroatoms. The fourth-order valence-electron chi connectivity index (χ4n) is 1.57. The Bertz CT molecular complexity index is 337. The van der Waals surface area contributed by atoms with Gasteiger partial charge in [0.05, 0.1) is 12.6 Å². The molecule has 0 radical (unpaired) electrons. The van der Waals surface area contributed by atoms with Crippen molar-refractivity contribution in [3.63, 3.8) is 0 Å². The zero-order chi connectivity index (χ0) is 9.97. The Morgan fingerprint density at radius 2 is 2.00 bits per heavy atom. The normalized spacial score (nSPS) is 19.8. The summed E-state index contributed by atoms with van der Waals surface area (Å²) >= 11 is 0. The molecule has 1 aromatic rings. The number of benzene rings is 1. The van der Waals surface area contributed by atoms with Gasteiger partial charge in [0, 0.05) is 6.42 Å². The van der Waals surface area contributed by atoms with E-state index in [1.54, 1.807) is 0 Å². The van der Waals surface area contributed by atoms with Crippen molar-refractivity contribution in [2.24, 2.45) is 0 Å². The molecule has 1 amide bonds. The summed E-state index contributed by atoms with van der Waals surface area (Å²) in [5, 5.41) is 2.79. The van der Waals surface area contributed by atoms with Crippen LogP contribution >= 0.6 is 12.4 Å². The molecule has 0 aromatic heterocycles. The molecule has 1 aromatic carbocycles. The molecule has 0 spiro atoms. The molecule has 1 atom stereocenters. The van der Waals surface area contributed by atoms with Crippen LogP contribution in [0.3, 0.4) is 0 Å². The van der Waals surface area contributed by atoms with E-state index in [1.807, 2.05) is 19.1 Å². The quantitative estimate of drug-likeness (QED) is 0.801. The largest absolute Gasteiger partial charge is 0.449 e. The van der Waals surface area contributed by atoms with Crippen LogP contribution in [-0.2, 0) is 4.74 Å². The minimum Gasteiger partial charge on any atom is -0.449 e. The van der Waals surface area contributed by atoms with E-state index in [-0.39, 0.29) is 24.5 Å². The molecule has 0 aliphatic carbocycles. The van der Waals surface area contributed by atoms with Crippen molar-refractivity contribution in [1.29, 1.82) is 0 Å². The third kappa shape index (κ3) is 2.86. The molecule has 1 aliphatic heterocycles. The predicted octanol–water partition coefficient (Wildman–Crippen LogP) is 2.59. The number of ether oxygens (including phenoxy) is 1. The minimum atomic E-state index is -0.318. The van der Waals surface area contributed by atoms with Crippen molar-refractivity contribution in [2.75, 3.05) is 6.61 Å². The highest BCUT2D eigenvalue weighted by atomic mass is 35.5. The van der Waals surface area contributed by atoms with Crippen molar-refractivity contribution in [1.82, 2.24) is 5.32 Å². The molecule has 1 fully saturated rings. The van der Waals surface area contributed by atoms with Gasteiger partial charge in [-0.05, 0) is 12.5 Å². The zero-order valence-corrected chi connectivity index (χ0v) is 9.34. The van der Waals surface area contributed by atoms with E-state index in [2.05, 4.69) is 17.4 Å². The van der Waals surface area contributed by atoms with Crippen LogP contribution in [0.25, 0.3) is 0 Å². The first-order valence-corrected chi connectivity index (χ1v) is 4.75. The lowest BCUT2D eigenvalue weighted by Crippen LogP contribution is -2.35. The Hall–Kier alpha value is -1.22. The first-order valence-electron chi connectivity index (χ1n) is 4.75. The summed E-state index contributed by atoms with van der Waals surface area (Å²) < 4.78 is 4.80. The summed E-state index contributed by atoms with van der Waals surface area (Å²) in [5.74, 6) is 0. The number of halogens is 1. The van der Waals surface area contributed by atoms with Gasteiger partial charge in [0.25, 0.3) is 0 Å². The monoisotopic (exact) mass is 227 g/mol. The van der Waals surface area contributed by atoms with Crippen molar-refractivity contribution < 1.29 is 9.53 Å². The standard InChI is InChI=1S/C11H13NO2.ClH/c1-8-2-4-9(5-3-8)10-6-7-14-11(13)12-10;/h2-5,10H,6-7H2,1H3,(H,12,13);1H/t10-;/m0./s1. The summed E-state index contributed by atoms with van der Waals surface area (Å²) in [4.78, 5) is 11.0. The van der Waals surface area contributed by atoms with E-state index >= 15 is 0 Å². The maximum atomic E-state index is 11.0. The maximum Gasteiger partial charge on any atom is 0.407 e. The highest BCUT2D eigenvalue weighted by Gasteiger charge is 2.20. The SMILES string of the molecule is Cc1ccc([C@@H]2CCOC(=O)N2)cc1.Cl. The summed E-state index contributed by atoms with van der Waals surface area (Å²) in [6.45, 7) is 2.55. The lowest BCUT2D eigenvalue weighted by molar-refractivity contribution is 0.115. The molecular weight excluding hydrogens is 214 g/mol. The molecular formula is C11H14ClNO2. The van der Waals surface area contributed by atoms with Crippen molar-refractivity contribution in [2.45, 2.75) is 19.4 Å². The maximum absolute atomic E-state index is 11.0. The molecule has 2 rings (SSSR count). The number of cyclic esters (lactones) is 1. The number of carbonyl (C=O) groups excluding carboxylic acids is 1. The number of hydrogen-bond donors (Lipinski definition) is 1. The van der Waals surface area contributed by atoms with E-state index in [4.69, 9.17) is 4.74 Å². The van der Waals surface area contributed by atoms with Crippen molar-refractivity contribution in [3.8, 4) is 0 Å². The smallest absolute Gasteiger partial charge is 0.407 e. The Kier molecular flexibility index (Phi) is 3.97. The summed E-state index contributed by atoms with van der Waals surface area (Å²) in [5.41, 5.74) is 2.37. The van der Waals surface area contributed by atoms with Crippen molar-refractivity contribution >= 4 is 18.5 Å². The van der Waals surface area contributed by atoms with Crippen LogP contribution in [0.15, 0.2) is 24.3 Å². The van der Waals surface area contributed by atoms with E-state index in [1.165, 1.54) is 5.56 Å². The Morgan fingerprint density at radius 3 is 2.60 bits per heavy atom. The number of rotatable bonds is 1. The lowest BCUT2D eigenvalue weighted by atomic mass is 10.0. The number of nitrogens with one attached hydrogen (secondary N) is 1. The van der Waals surface area contributed by atoms with Gasteiger partial charge in [-0.25, -0.2) is 4.79 Å². The highest BCUT2D eigenvalue weighted by molar-refractivity contribution is 5.85. The molecule has 3 nitrogen and oxygen atoms in total. The second-order valence-corrected chi connectivity index (χ2v) is 3.53. The molecule has 1 N–H and O–H groups in total. The van der Waals surface area contributed by atoms with Gasteiger partial charge in [-0.15, -0.1) is 12.4 Å². The van der Waals surface area contributed by atoms with E-state index in [9.17, 15) is 4.79 Å². The Labute approximate surface area is 95.2 Å². The van der Waals surface area contributed by atoms with Gasteiger partial charge in [-0.1, -0.05) is 29.8 Å². The second-order valence-electron chi connectivity index (χ2n) is 3.53. The molecule has 0 unspecified atom stereocenters. The number of hydrogen-bond acceptors (Lipinski definition) is 2. The van der Waals surface area contributed by atoms with Crippen LogP contribution < -0.4 is 5.32 Å². The summed E-state index contributed by atoms with van der Waals surface area (Å²) in [6.07, 6.45) is 0.524. The fourth-order valence-corrected chi connectivity index (χ4v) is 1.57. The Balaban J connectivity index is 0.00000112. The number of amides is 1. The summed E-state index contributed by atoms with van der Waals surface area (Å²) in [6, 6.07) is 8.31. The van der Waals surface area contributed by atoms with Crippen LogP contribution in [-0.4, -0.2) is 12.7 Å². The van der Waals surface area contributed by atoms with E-state index < -0.39 is 0 Å². The number of aryl methyl sites for hydroxylation is 1. The van der Waals surface area contributed by atoms with Gasteiger partial charge in [0.1, 0.15) is 0 Å². The van der Waals surface area contributed by atoms with Crippen LogP contribution in [0.1, 0.15) is 23.6 Å². The van der Waals surface area contributed by atoms with Crippen LogP contribution in [0.5, 0.6) is 0 Å². The minimum absolute atomic E-state index is 0. The topological polar surface area (TPSA) is 38.3 Å². The van der Waals surface area contributed by atoms with Crippen molar-refractivity contribution in [3.05, 3.63) is 35.4 Å². The van der Waals surface area contributed by atoms with Gasteiger partial charge in [-0.2, -0.15) is 0 Å². The molecule has 0 bridgehead atoms. The van der Waals surface area contributed by atoms with Gasteiger partial charge < -0.3 is 10.1 Å². The van der Waals surface area contributed by atoms with E-state index in [0.29, 0.717) is 6.61 Å². The molecule has 1 heterocycles. The van der Waals surface area contributed by atoms with Crippen LogP contribution in [0, 0.1) is 6.92 Å². The van der Waals surface area contributed by atoms with Gasteiger partial charge in [-0.3, -0.25) is 0 Å². The highest BCUT2D eigenvalue weighted by Crippen LogP contribution is 2.20. The lowest BCUT2D eigenvalue weighted by Gasteiger charge is -2.23. The molecule has 15 heavy (non-hydrogen) atoms. The number of alkyl carbamates (subject to hydrolysis) is 1. The predicted molar refractivity (Wildman–Crippen MR) is 60.3 cm³/mol. The first-order chi connectivity index (χ1) is 6.75. The fraction of sp³-hybridized carbons (Fsp3) is 0.364. The summed E-state index contributed by atoms with van der Waals surface area (Å²) in [7, 11) is 0. The van der Waals surface area contributed by atoms with E-state index in [0.717, 1.165) is 12.0 Å². The third-order valence-corrected chi connectivity index (χ3v) is 2.41. The van der Waals surface area contributed by atoms with Gasteiger partial charge in [0.15, 0.2) is 0 Å². The number of carbonyl (C=O) groups is 1. The molecule has 82 valence electrons. The second kappa shape index (κ2) is 5.03. The molecule has 0 saturated carbocycles. The average Bonchev–Trinajstić information content (AvgIpc) is 2.19. The molecule has 1 aliphatic rings. The zero-order valence-electron chi connectivity index (χ0n) is 8.53. The average molecular weight is 228 g/mol. The van der Waals surface area contributed by atoms with Crippen LogP contribution in [0.2, 0.25) is 0 Å². The van der Waals surface area contributed by atoms with Crippen LogP contribution in [0.4, 0.5) is 4.79 Å². The van der Waals surface area contributed by atoms with Gasteiger partial charge >= 0.3 is 6.09 Å². The van der Waals surface area contributed by atoms with Gasteiger partial charge in [0.2, 0.25) is 0 Å². The Morgan fingerprint density at radius 1 is 1.33 bits per heavy atom. The molecule has 1 saturated heterocycles.